The predicted octanol–water partition coefficient (Wildman–Crippen LogP) is 4.43. The van der Waals surface area contributed by atoms with Gasteiger partial charge in [-0.25, -0.2) is 0 Å². The zero-order chi connectivity index (χ0) is 13.4. The normalized spacial score (nSPS) is 13.7. The summed E-state index contributed by atoms with van der Waals surface area (Å²) in [6.07, 6.45) is 6.69. The van der Waals surface area contributed by atoms with E-state index in [4.69, 9.17) is 23.2 Å². The van der Waals surface area contributed by atoms with Crippen molar-refractivity contribution < 1.29 is 0 Å². The molecule has 1 nitrogen and oxygen atoms in total. The third kappa shape index (κ3) is 5.72. The van der Waals surface area contributed by atoms with E-state index in [2.05, 4.69) is 36.2 Å². The van der Waals surface area contributed by atoms with Crippen molar-refractivity contribution in [3.05, 3.63) is 54.6 Å². The van der Waals surface area contributed by atoms with Crippen LogP contribution in [0.2, 0.25) is 0 Å². The Morgan fingerprint density at radius 3 is 2.56 bits per heavy atom. The Hall–Kier alpha value is -0.760. The Kier molecular flexibility index (Phi) is 6.48. The van der Waals surface area contributed by atoms with Crippen LogP contribution in [0.3, 0.4) is 0 Å². The molecule has 18 heavy (non-hydrogen) atoms. The Morgan fingerprint density at radius 1 is 1.33 bits per heavy atom. The van der Waals surface area contributed by atoms with Crippen LogP contribution in [0.4, 0.5) is 0 Å². The van der Waals surface area contributed by atoms with Crippen molar-refractivity contribution in [1.29, 1.82) is 0 Å². The molecular formula is C15H19Cl2N. The van der Waals surface area contributed by atoms with Crippen molar-refractivity contribution in [2.75, 3.05) is 6.54 Å². The van der Waals surface area contributed by atoms with Gasteiger partial charge in [0.2, 0.25) is 0 Å². The average molecular weight is 284 g/mol. The van der Waals surface area contributed by atoms with E-state index < -0.39 is 4.33 Å². The van der Waals surface area contributed by atoms with Crippen LogP contribution < -0.4 is 5.32 Å². The van der Waals surface area contributed by atoms with Crippen LogP contribution in [0.25, 0.3) is 6.08 Å². The van der Waals surface area contributed by atoms with Gasteiger partial charge in [-0.2, -0.15) is 0 Å². The molecule has 0 aliphatic rings. The summed E-state index contributed by atoms with van der Waals surface area (Å²) in [4.78, 5) is 0. The van der Waals surface area contributed by atoms with Gasteiger partial charge in [-0.1, -0.05) is 48.6 Å². The van der Waals surface area contributed by atoms with Crippen molar-refractivity contribution in [3.8, 4) is 0 Å². The van der Waals surface area contributed by atoms with Crippen molar-refractivity contribution >= 4 is 29.3 Å². The molecule has 0 radical (unpaired) electrons. The first-order valence-corrected chi connectivity index (χ1v) is 6.73. The Labute approximate surface area is 119 Å². The fourth-order valence-corrected chi connectivity index (χ4v) is 1.94. The highest BCUT2D eigenvalue weighted by molar-refractivity contribution is 6.48. The van der Waals surface area contributed by atoms with Gasteiger partial charge in [0.15, 0.2) is 0 Å². The Balaban J connectivity index is 2.44. The summed E-state index contributed by atoms with van der Waals surface area (Å²) in [6, 6.07) is 10.2. The van der Waals surface area contributed by atoms with Crippen molar-refractivity contribution in [2.45, 2.75) is 23.7 Å². The number of alkyl halides is 2. The first kappa shape index (κ1) is 15.3. The smallest absolute Gasteiger partial charge is 0.131 e. The first-order valence-electron chi connectivity index (χ1n) is 5.97. The molecule has 1 aromatic carbocycles. The standard InChI is InChI=1S/C15H19Cl2N/c1-3-8-14(15(2,16)17)18-12-7-11-13-9-5-4-6-10-13/h3-7,9-11,14,18H,1,8,12H2,2H3/b11-7+. The summed E-state index contributed by atoms with van der Waals surface area (Å²) in [7, 11) is 0. The fraction of sp³-hybridized carbons (Fsp3) is 0.333. The minimum Gasteiger partial charge on any atom is -0.307 e. The van der Waals surface area contributed by atoms with Crippen LogP contribution in [-0.2, 0) is 0 Å². The number of halogens is 2. The lowest BCUT2D eigenvalue weighted by Crippen LogP contribution is -2.41. The minimum absolute atomic E-state index is 0.00115. The Morgan fingerprint density at radius 2 is 2.00 bits per heavy atom. The predicted molar refractivity (Wildman–Crippen MR) is 82.2 cm³/mol. The van der Waals surface area contributed by atoms with Crippen LogP contribution in [0.1, 0.15) is 18.9 Å². The van der Waals surface area contributed by atoms with E-state index in [0.29, 0.717) is 0 Å². The maximum atomic E-state index is 6.10. The lowest BCUT2D eigenvalue weighted by molar-refractivity contribution is 0.507. The number of benzene rings is 1. The van der Waals surface area contributed by atoms with E-state index in [1.165, 1.54) is 5.56 Å². The van der Waals surface area contributed by atoms with Gasteiger partial charge in [0.05, 0.1) is 0 Å². The van der Waals surface area contributed by atoms with Crippen molar-refractivity contribution in [1.82, 2.24) is 5.32 Å². The zero-order valence-corrected chi connectivity index (χ0v) is 12.1. The second kappa shape index (κ2) is 7.63. The molecule has 0 aliphatic carbocycles. The molecule has 0 spiro atoms. The molecule has 0 fully saturated rings. The number of hydrogen-bond acceptors (Lipinski definition) is 1. The third-order valence-corrected chi connectivity index (χ3v) is 3.13. The molecule has 1 N–H and O–H groups in total. The highest BCUT2D eigenvalue weighted by Gasteiger charge is 2.27. The highest BCUT2D eigenvalue weighted by Crippen LogP contribution is 2.26. The summed E-state index contributed by atoms with van der Waals surface area (Å²) in [5.74, 6) is 0. The monoisotopic (exact) mass is 283 g/mol. The van der Waals surface area contributed by atoms with Gasteiger partial charge in [0.1, 0.15) is 4.33 Å². The summed E-state index contributed by atoms with van der Waals surface area (Å²) in [5, 5.41) is 3.31. The Bertz CT molecular complexity index is 379. The van der Waals surface area contributed by atoms with Crippen molar-refractivity contribution in [2.24, 2.45) is 0 Å². The zero-order valence-electron chi connectivity index (χ0n) is 10.6. The number of rotatable bonds is 7. The molecule has 0 saturated carbocycles. The second-order valence-corrected chi connectivity index (χ2v) is 6.02. The molecule has 1 rings (SSSR count). The van der Waals surface area contributed by atoms with Gasteiger partial charge < -0.3 is 5.32 Å². The first-order chi connectivity index (χ1) is 8.54. The molecule has 98 valence electrons. The summed E-state index contributed by atoms with van der Waals surface area (Å²) < 4.78 is -0.797. The highest BCUT2D eigenvalue weighted by atomic mass is 35.5. The molecule has 0 saturated heterocycles. The quantitative estimate of drug-likeness (QED) is 0.577. The molecule has 1 aromatic rings. The number of nitrogens with one attached hydrogen (secondary N) is 1. The van der Waals surface area contributed by atoms with Crippen molar-refractivity contribution in [3.63, 3.8) is 0 Å². The van der Waals surface area contributed by atoms with Crippen LogP contribution in [-0.4, -0.2) is 16.9 Å². The van der Waals surface area contributed by atoms with E-state index in [1.54, 1.807) is 6.92 Å². The molecule has 1 unspecified atom stereocenters. The third-order valence-electron chi connectivity index (χ3n) is 2.61. The van der Waals surface area contributed by atoms with Crippen LogP contribution >= 0.6 is 23.2 Å². The van der Waals surface area contributed by atoms with Crippen LogP contribution in [0, 0.1) is 0 Å². The molecular weight excluding hydrogens is 265 g/mol. The van der Waals surface area contributed by atoms with Gasteiger partial charge in [-0.05, 0) is 18.9 Å². The summed E-state index contributed by atoms with van der Waals surface area (Å²) in [6.45, 7) is 6.23. The lowest BCUT2D eigenvalue weighted by Gasteiger charge is -2.25. The topological polar surface area (TPSA) is 12.0 Å². The largest absolute Gasteiger partial charge is 0.307 e. The number of hydrogen-bond donors (Lipinski definition) is 1. The molecule has 0 aromatic heterocycles. The lowest BCUT2D eigenvalue weighted by atomic mass is 10.1. The van der Waals surface area contributed by atoms with Gasteiger partial charge in [0, 0.05) is 12.6 Å². The molecule has 1 atom stereocenters. The van der Waals surface area contributed by atoms with E-state index in [0.717, 1.165) is 13.0 Å². The average Bonchev–Trinajstić information content (AvgIpc) is 2.33. The maximum absolute atomic E-state index is 6.10. The van der Waals surface area contributed by atoms with Crippen LogP contribution in [0.5, 0.6) is 0 Å². The molecule has 0 amide bonds. The van der Waals surface area contributed by atoms with E-state index in [9.17, 15) is 0 Å². The molecule has 0 bridgehead atoms. The van der Waals surface area contributed by atoms with Gasteiger partial charge in [-0.15, -0.1) is 29.8 Å². The van der Waals surface area contributed by atoms with Crippen LogP contribution in [0.15, 0.2) is 49.1 Å². The fourth-order valence-electron chi connectivity index (χ4n) is 1.61. The maximum Gasteiger partial charge on any atom is 0.131 e. The van der Waals surface area contributed by atoms with E-state index >= 15 is 0 Å². The minimum atomic E-state index is -0.797. The summed E-state index contributed by atoms with van der Waals surface area (Å²) in [5.41, 5.74) is 1.18. The summed E-state index contributed by atoms with van der Waals surface area (Å²) >= 11 is 12.2. The van der Waals surface area contributed by atoms with Gasteiger partial charge in [0.25, 0.3) is 0 Å². The van der Waals surface area contributed by atoms with E-state index in [1.807, 2.05) is 24.3 Å². The molecule has 0 heterocycles. The SMILES string of the molecule is C=CCC(NC/C=C/c1ccccc1)C(C)(Cl)Cl. The second-order valence-electron chi connectivity index (χ2n) is 4.25. The van der Waals surface area contributed by atoms with Gasteiger partial charge >= 0.3 is 0 Å². The van der Waals surface area contributed by atoms with E-state index in [-0.39, 0.29) is 6.04 Å². The molecule has 0 aliphatic heterocycles. The molecule has 3 heteroatoms. The van der Waals surface area contributed by atoms with Gasteiger partial charge in [-0.3, -0.25) is 0 Å².